The van der Waals surface area contributed by atoms with Gasteiger partial charge in [-0.25, -0.2) is 0 Å². The van der Waals surface area contributed by atoms with Crippen molar-refractivity contribution in [2.45, 2.75) is 13.5 Å². The van der Waals surface area contributed by atoms with Gasteiger partial charge in [0.1, 0.15) is 11.5 Å². The standard InChI is InChI=1S/C20H20N2O3S/c1-4-11-22-17-10-9-16(25-5-2)13-18(17)26-20(22)21-19(23)14-7-6-8-15(12-14)24-3/h4,6-10,12-13H,1,5,11H2,2-3H3. The molecule has 0 atom stereocenters. The van der Waals surface area contributed by atoms with Crippen LogP contribution in [0.25, 0.3) is 10.2 Å². The number of carbonyl (C=O) groups excluding carboxylic acids is 1. The van der Waals surface area contributed by atoms with Crippen LogP contribution in [0.15, 0.2) is 60.1 Å². The molecule has 3 rings (SSSR count). The highest BCUT2D eigenvalue weighted by Crippen LogP contribution is 2.23. The summed E-state index contributed by atoms with van der Waals surface area (Å²) in [6.07, 6.45) is 1.79. The monoisotopic (exact) mass is 368 g/mol. The van der Waals surface area contributed by atoms with E-state index in [1.807, 2.05) is 29.7 Å². The van der Waals surface area contributed by atoms with Crippen LogP contribution in [0.1, 0.15) is 17.3 Å². The Morgan fingerprint density at radius 2 is 2.12 bits per heavy atom. The van der Waals surface area contributed by atoms with Crippen LogP contribution in [0.2, 0.25) is 0 Å². The van der Waals surface area contributed by atoms with Gasteiger partial charge in [0.25, 0.3) is 5.91 Å². The summed E-state index contributed by atoms with van der Waals surface area (Å²) in [6, 6.07) is 12.9. The Kier molecular flexibility index (Phi) is 5.53. The first-order valence-electron chi connectivity index (χ1n) is 8.26. The zero-order valence-electron chi connectivity index (χ0n) is 14.8. The molecule has 0 aliphatic carbocycles. The van der Waals surface area contributed by atoms with Gasteiger partial charge in [0.05, 0.1) is 23.9 Å². The molecule has 0 fully saturated rings. The Morgan fingerprint density at radius 1 is 1.27 bits per heavy atom. The van der Waals surface area contributed by atoms with Gasteiger partial charge in [0.15, 0.2) is 4.80 Å². The quantitative estimate of drug-likeness (QED) is 0.617. The summed E-state index contributed by atoms with van der Waals surface area (Å²) in [5.74, 6) is 1.12. The molecule has 1 heterocycles. The normalized spacial score (nSPS) is 11.5. The lowest BCUT2D eigenvalue weighted by Gasteiger charge is -2.04. The number of carbonyl (C=O) groups is 1. The van der Waals surface area contributed by atoms with Gasteiger partial charge in [-0.05, 0) is 43.3 Å². The molecule has 0 radical (unpaired) electrons. The first kappa shape index (κ1) is 17.9. The second-order valence-corrected chi connectivity index (χ2v) is 6.50. The van der Waals surface area contributed by atoms with Crippen molar-refractivity contribution in [1.29, 1.82) is 0 Å². The number of hydrogen-bond donors (Lipinski definition) is 0. The average Bonchev–Trinajstić information content (AvgIpc) is 2.99. The molecule has 0 unspecified atom stereocenters. The molecule has 0 saturated heterocycles. The number of rotatable bonds is 6. The van der Waals surface area contributed by atoms with Crippen molar-refractivity contribution in [3.8, 4) is 11.5 Å². The van der Waals surface area contributed by atoms with Gasteiger partial charge in [0, 0.05) is 12.1 Å². The number of thiazole rings is 1. The van der Waals surface area contributed by atoms with E-state index in [-0.39, 0.29) is 5.91 Å². The van der Waals surface area contributed by atoms with Gasteiger partial charge >= 0.3 is 0 Å². The Morgan fingerprint density at radius 3 is 2.85 bits per heavy atom. The van der Waals surface area contributed by atoms with Crippen LogP contribution in [0.3, 0.4) is 0 Å². The minimum atomic E-state index is -0.307. The molecule has 0 spiro atoms. The van der Waals surface area contributed by atoms with E-state index in [0.717, 1.165) is 16.0 Å². The molecule has 0 bridgehead atoms. The molecule has 1 amide bonds. The van der Waals surface area contributed by atoms with Crippen molar-refractivity contribution >= 4 is 27.5 Å². The van der Waals surface area contributed by atoms with E-state index in [0.29, 0.717) is 29.3 Å². The van der Waals surface area contributed by atoms with Crippen LogP contribution in [0.5, 0.6) is 11.5 Å². The van der Waals surface area contributed by atoms with Gasteiger partial charge < -0.3 is 14.0 Å². The molecule has 6 heteroatoms. The SMILES string of the molecule is C=CCn1c(=NC(=O)c2cccc(OC)c2)sc2cc(OCC)ccc21. The van der Waals surface area contributed by atoms with Gasteiger partial charge in [-0.15, -0.1) is 6.58 Å². The summed E-state index contributed by atoms with van der Waals surface area (Å²) in [6.45, 7) is 6.93. The van der Waals surface area contributed by atoms with Crippen LogP contribution in [-0.4, -0.2) is 24.2 Å². The molecule has 3 aromatic rings. The third-order valence-corrected chi connectivity index (χ3v) is 4.83. The predicted molar refractivity (Wildman–Crippen MR) is 104 cm³/mol. The number of fused-ring (bicyclic) bond motifs is 1. The number of allylic oxidation sites excluding steroid dienone is 1. The topological polar surface area (TPSA) is 52.8 Å². The molecular formula is C20H20N2O3S. The second kappa shape index (κ2) is 8.01. The summed E-state index contributed by atoms with van der Waals surface area (Å²) in [7, 11) is 1.57. The number of hydrogen-bond acceptors (Lipinski definition) is 4. The highest BCUT2D eigenvalue weighted by Gasteiger charge is 2.10. The Balaban J connectivity index is 2.09. The second-order valence-electron chi connectivity index (χ2n) is 5.50. The van der Waals surface area contributed by atoms with Crippen molar-refractivity contribution < 1.29 is 14.3 Å². The molecule has 5 nitrogen and oxygen atoms in total. The zero-order chi connectivity index (χ0) is 18.5. The van der Waals surface area contributed by atoms with E-state index in [2.05, 4.69) is 11.6 Å². The van der Waals surface area contributed by atoms with Crippen molar-refractivity contribution in [1.82, 2.24) is 4.57 Å². The van der Waals surface area contributed by atoms with E-state index in [4.69, 9.17) is 9.47 Å². The zero-order valence-corrected chi connectivity index (χ0v) is 15.6. The first-order chi connectivity index (χ1) is 12.7. The van der Waals surface area contributed by atoms with Crippen LogP contribution in [0, 0.1) is 0 Å². The summed E-state index contributed by atoms with van der Waals surface area (Å²) in [5, 5.41) is 0. The number of nitrogens with zero attached hydrogens (tertiary/aromatic N) is 2. The largest absolute Gasteiger partial charge is 0.497 e. The van der Waals surface area contributed by atoms with Gasteiger partial charge in [0.2, 0.25) is 0 Å². The number of methoxy groups -OCH3 is 1. The molecule has 134 valence electrons. The molecule has 0 aliphatic rings. The first-order valence-corrected chi connectivity index (χ1v) is 9.08. The Bertz CT molecular complexity index is 1020. The van der Waals surface area contributed by atoms with Crippen LogP contribution in [0.4, 0.5) is 0 Å². The maximum absolute atomic E-state index is 12.6. The van der Waals surface area contributed by atoms with E-state index in [1.54, 1.807) is 37.5 Å². The Hall–Kier alpha value is -2.86. The summed E-state index contributed by atoms with van der Waals surface area (Å²) in [4.78, 5) is 17.6. The van der Waals surface area contributed by atoms with Crippen molar-refractivity contribution in [3.05, 3.63) is 65.5 Å². The third-order valence-electron chi connectivity index (χ3n) is 3.79. The van der Waals surface area contributed by atoms with Gasteiger partial charge in [-0.3, -0.25) is 4.79 Å². The number of aromatic nitrogens is 1. The maximum Gasteiger partial charge on any atom is 0.279 e. The van der Waals surface area contributed by atoms with Crippen LogP contribution < -0.4 is 14.3 Å². The van der Waals surface area contributed by atoms with E-state index < -0.39 is 0 Å². The van der Waals surface area contributed by atoms with E-state index in [1.165, 1.54) is 11.3 Å². The van der Waals surface area contributed by atoms with Crippen molar-refractivity contribution in [2.24, 2.45) is 4.99 Å². The highest BCUT2D eigenvalue weighted by molar-refractivity contribution is 7.16. The summed E-state index contributed by atoms with van der Waals surface area (Å²) in [5.41, 5.74) is 1.48. The molecular weight excluding hydrogens is 348 g/mol. The Labute approximate surface area is 155 Å². The lowest BCUT2D eigenvalue weighted by atomic mass is 10.2. The molecule has 0 N–H and O–H groups in total. The molecule has 0 saturated carbocycles. The smallest absolute Gasteiger partial charge is 0.279 e. The van der Waals surface area contributed by atoms with Crippen molar-refractivity contribution in [2.75, 3.05) is 13.7 Å². The number of benzene rings is 2. The molecule has 26 heavy (non-hydrogen) atoms. The molecule has 0 aliphatic heterocycles. The van der Waals surface area contributed by atoms with Gasteiger partial charge in [-0.2, -0.15) is 4.99 Å². The summed E-state index contributed by atoms with van der Waals surface area (Å²) < 4.78 is 13.7. The molecule has 1 aromatic heterocycles. The lowest BCUT2D eigenvalue weighted by Crippen LogP contribution is -2.16. The van der Waals surface area contributed by atoms with E-state index >= 15 is 0 Å². The summed E-state index contributed by atoms with van der Waals surface area (Å²) >= 11 is 1.45. The lowest BCUT2D eigenvalue weighted by molar-refractivity contribution is 0.0997. The highest BCUT2D eigenvalue weighted by atomic mass is 32.1. The average molecular weight is 368 g/mol. The fourth-order valence-electron chi connectivity index (χ4n) is 2.61. The van der Waals surface area contributed by atoms with Crippen LogP contribution in [-0.2, 0) is 6.54 Å². The number of amides is 1. The minimum absolute atomic E-state index is 0.307. The third kappa shape index (κ3) is 3.70. The minimum Gasteiger partial charge on any atom is -0.497 e. The maximum atomic E-state index is 12.6. The predicted octanol–water partition coefficient (Wildman–Crippen LogP) is 4.04. The van der Waals surface area contributed by atoms with E-state index in [9.17, 15) is 4.79 Å². The fourth-order valence-corrected chi connectivity index (χ4v) is 3.67. The molecule has 2 aromatic carbocycles. The fraction of sp³-hybridized carbons (Fsp3) is 0.200. The van der Waals surface area contributed by atoms with Gasteiger partial charge in [-0.1, -0.05) is 23.5 Å². The number of ether oxygens (including phenoxy) is 2. The van der Waals surface area contributed by atoms with Crippen LogP contribution >= 0.6 is 11.3 Å². The van der Waals surface area contributed by atoms with Crippen molar-refractivity contribution in [3.63, 3.8) is 0 Å².